The Labute approximate surface area is 105 Å². The molecule has 0 radical (unpaired) electrons. The van der Waals surface area contributed by atoms with Crippen LogP contribution in [0.4, 0.5) is 5.69 Å². The van der Waals surface area contributed by atoms with E-state index in [0.717, 1.165) is 0 Å². The molecule has 2 aromatic rings. The van der Waals surface area contributed by atoms with E-state index >= 15 is 0 Å². The van der Waals surface area contributed by atoms with E-state index in [1.807, 2.05) is 6.07 Å². The first-order chi connectivity index (χ1) is 8.59. The highest BCUT2D eigenvalue weighted by Crippen LogP contribution is 2.17. The molecule has 0 atom stereocenters. The van der Waals surface area contributed by atoms with Crippen molar-refractivity contribution in [2.45, 2.75) is 0 Å². The minimum absolute atomic E-state index is 0.144. The molecule has 2 rings (SSSR count). The first-order valence-electron chi connectivity index (χ1n) is 5.43. The van der Waals surface area contributed by atoms with Crippen LogP contribution in [-0.2, 0) is 0 Å². The van der Waals surface area contributed by atoms with Gasteiger partial charge in [-0.2, -0.15) is 0 Å². The Morgan fingerprint density at radius 1 is 1.00 bits per heavy atom. The Hall–Kier alpha value is -2.62. The van der Waals surface area contributed by atoms with Crippen LogP contribution in [0.1, 0.15) is 21.5 Å². The van der Waals surface area contributed by atoms with Crippen molar-refractivity contribution in [3.05, 3.63) is 65.2 Å². The van der Waals surface area contributed by atoms with E-state index in [0.29, 0.717) is 22.4 Å². The van der Waals surface area contributed by atoms with Gasteiger partial charge in [-0.05, 0) is 18.2 Å². The monoisotopic (exact) mass is 239 g/mol. The minimum atomic E-state index is -0.187. The maximum atomic E-state index is 12.3. The summed E-state index contributed by atoms with van der Waals surface area (Å²) in [6.07, 6.45) is 0. The third kappa shape index (κ3) is 2.22. The second-order valence-electron chi connectivity index (χ2n) is 3.91. The fourth-order valence-electron chi connectivity index (χ4n) is 1.73. The highest BCUT2D eigenvalue weighted by Gasteiger charge is 2.15. The van der Waals surface area contributed by atoms with Crippen LogP contribution in [0.15, 0.2) is 48.5 Å². The zero-order chi connectivity index (χ0) is 13.1. The van der Waals surface area contributed by atoms with Gasteiger partial charge < -0.3 is 11.5 Å². The van der Waals surface area contributed by atoms with Gasteiger partial charge in [0.15, 0.2) is 5.78 Å². The zero-order valence-corrected chi connectivity index (χ0v) is 9.68. The fourth-order valence-corrected chi connectivity index (χ4v) is 1.73. The second kappa shape index (κ2) is 4.71. The Morgan fingerprint density at radius 3 is 2.28 bits per heavy atom. The summed E-state index contributed by atoms with van der Waals surface area (Å²) in [4.78, 5) is 12.3. The normalized spacial score (nSPS) is 10.0. The topological polar surface area (TPSA) is 93.0 Å². The van der Waals surface area contributed by atoms with E-state index in [2.05, 4.69) is 0 Å². The van der Waals surface area contributed by atoms with Gasteiger partial charge in [0, 0.05) is 22.4 Å². The molecule has 0 unspecified atom stereocenters. The molecule has 0 aliphatic heterocycles. The van der Waals surface area contributed by atoms with Crippen LogP contribution in [0.5, 0.6) is 0 Å². The smallest absolute Gasteiger partial charge is 0.193 e. The number of carbonyl (C=O) groups is 1. The SMILES string of the molecule is N=C(N)c1ccc(N)cc1C(=O)c1ccccc1. The number of hydrogen-bond acceptors (Lipinski definition) is 3. The Bertz CT molecular complexity index is 606. The predicted molar refractivity (Wildman–Crippen MR) is 71.7 cm³/mol. The summed E-state index contributed by atoms with van der Waals surface area (Å²) in [6.45, 7) is 0. The molecule has 0 bridgehead atoms. The first kappa shape index (κ1) is 11.9. The van der Waals surface area contributed by atoms with Crippen molar-refractivity contribution >= 4 is 17.3 Å². The number of rotatable bonds is 3. The number of benzene rings is 2. The van der Waals surface area contributed by atoms with Crippen molar-refractivity contribution in [3.63, 3.8) is 0 Å². The largest absolute Gasteiger partial charge is 0.399 e. The third-order valence-corrected chi connectivity index (χ3v) is 2.61. The quantitative estimate of drug-likeness (QED) is 0.330. The van der Waals surface area contributed by atoms with Crippen LogP contribution >= 0.6 is 0 Å². The van der Waals surface area contributed by atoms with Crippen LogP contribution in [-0.4, -0.2) is 11.6 Å². The van der Waals surface area contributed by atoms with Crippen LogP contribution in [0, 0.1) is 5.41 Å². The molecule has 4 nitrogen and oxygen atoms in total. The average molecular weight is 239 g/mol. The number of nitrogens with two attached hydrogens (primary N) is 2. The highest BCUT2D eigenvalue weighted by molar-refractivity contribution is 6.15. The van der Waals surface area contributed by atoms with E-state index in [1.165, 1.54) is 0 Å². The number of nitrogen functional groups attached to an aromatic ring is 2. The molecule has 5 N–H and O–H groups in total. The van der Waals surface area contributed by atoms with Gasteiger partial charge in [-0.1, -0.05) is 30.3 Å². The molecule has 18 heavy (non-hydrogen) atoms. The average Bonchev–Trinajstić information content (AvgIpc) is 2.38. The predicted octanol–water partition coefficient (Wildman–Crippen LogP) is 1.78. The summed E-state index contributed by atoms with van der Waals surface area (Å²) in [5, 5.41) is 7.49. The Balaban J connectivity index is 2.54. The lowest BCUT2D eigenvalue weighted by Crippen LogP contribution is -2.17. The van der Waals surface area contributed by atoms with E-state index in [9.17, 15) is 4.79 Å². The molecule has 0 aliphatic carbocycles. The summed E-state index contributed by atoms with van der Waals surface area (Å²) in [5.41, 5.74) is 12.9. The van der Waals surface area contributed by atoms with E-state index in [-0.39, 0.29) is 11.6 Å². The van der Waals surface area contributed by atoms with Crippen molar-refractivity contribution in [2.24, 2.45) is 5.73 Å². The van der Waals surface area contributed by atoms with Crippen molar-refractivity contribution < 1.29 is 4.79 Å². The molecule has 0 aliphatic rings. The number of anilines is 1. The standard InChI is InChI=1S/C14H13N3O/c15-10-6-7-11(14(16)17)12(8-10)13(18)9-4-2-1-3-5-9/h1-8H,15H2,(H3,16,17). The lowest BCUT2D eigenvalue weighted by Gasteiger charge is -2.08. The van der Waals surface area contributed by atoms with Crippen molar-refractivity contribution in [2.75, 3.05) is 5.73 Å². The first-order valence-corrected chi connectivity index (χ1v) is 5.43. The summed E-state index contributed by atoms with van der Waals surface area (Å²) in [6, 6.07) is 13.6. The number of hydrogen-bond donors (Lipinski definition) is 3. The molecule has 0 aromatic heterocycles. The molecule has 0 spiro atoms. The molecule has 90 valence electrons. The second-order valence-corrected chi connectivity index (χ2v) is 3.91. The van der Waals surface area contributed by atoms with Gasteiger partial charge in [0.25, 0.3) is 0 Å². The van der Waals surface area contributed by atoms with Crippen LogP contribution in [0.25, 0.3) is 0 Å². The van der Waals surface area contributed by atoms with Gasteiger partial charge in [0.05, 0.1) is 0 Å². The van der Waals surface area contributed by atoms with Gasteiger partial charge in [-0.3, -0.25) is 10.2 Å². The fraction of sp³-hybridized carbons (Fsp3) is 0. The Morgan fingerprint density at radius 2 is 1.67 bits per heavy atom. The van der Waals surface area contributed by atoms with Crippen molar-refractivity contribution in [1.29, 1.82) is 5.41 Å². The summed E-state index contributed by atoms with van der Waals surface area (Å²) < 4.78 is 0. The molecule has 0 fully saturated rings. The molecule has 2 aromatic carbocycles. The van der Waals surface area contributed by atoms with Crippen molar-refractivity contribution in [1.82, 2.24) is 0 Å². The summed E-state index contributed by atoms with van der Waals surface area (Å²) in [5.74, 6) is -0.331. The van der Waals surface area contributed by atoms with Gasteiger partial charge in [0.2, 0.25) is 0 Å². The van der Waals surface area contributed by atoms with Crippen LogP contribution in [0.3, 0.4) is 0 Å². The van der Waals surface area contributed by atoms with Gasteiger partial charge in [-0.25, -0.2) is 0 Å². The van der Waals surface area contributed by atoms with Crippen LogP contribution in [0.2, 0.25) is 0 Å². The molecule has 0 amide bonds. The molecular formula is C14H13N3O. The van der Waals surface area contributed by atoms with Crippen LogP contribution < -0.4 is 11.5 Å². The van der Waals surface area contributed by atoms with Gasteiger partial charge >= 0.3 is 0 Å². The van der Waals surface area contributed by atoms with Crippen molar-refractivity contribution in [3.8, 4) is 0 Å². The van der Waals surface area contributed by atoms with E-state index in [4.69, 9.17) is 16.9 Å². The molecule has 0 saturated carbocycles. The summed E-state index contributed by atoms with van der Waals surface area (Å²) in [7, 11) is 0. The molecule has 0 saturated heterocycles. The zero-order valence-electron chi connectivity index (χ0n) is 9.68. The molecule has 4 heteroatoms. The van der Waals surface area contributed by atoms with Gasteiger partial charge in [0.1, 0.15) is 5.84 Å². The number of carbonyl (C=O) groups excluding carboxylic acids is 1. The lowest BCUT2D eigenvalue weighted by molar-refractivity contribution is 0.103. The van der Waals surface area contributed by atoms with E-state index < -0.39 is 0 Å². The summed E-state index contributed by atoms with van der Waals surface area (Å²) >= 11 is 0. The number of amidine groups is 1. The third-order valence-electron chi connectivity index (χ3n) is 2.61. The number of ketones is 1. The van der Waals surface area contributed by atoms with Gasteiger partial charge in [-0.15, -0.1) is 0 Å². The Kier molecular flexibility index (Phi) is 3.10. The maximum Gasteiger partial charge on any atom is 0.193 e. The maximum absolute atomic E-state index is 12.3. The number of nitrogens with one attached hydrogen (secondary N) is 1. The highest BCUT2D eigenvalue weighted by atomic mass is 16.1. The lowest BCUT2D eigenvalue weighted by atomic mass is 9.97. The minimum Gasteiger partial charge on any atom is -0.399 e. The van der Waals surface area contributed by atoms with E-state index in [1.54, 1.807) is 42.5 Å². The molecule has 0 heterocycles. The molecular weight excluding hydrogens is 226 g/mol.